The monoisotopic (exact) mass is 316 g/mol. The van der Waals surface area contributed by atoms with Crippen molar-refractivity contribution in [2.75, 3.05) is 11.5 Å². The molecule has 0 amide bonds. The first-order valence-electron chi connectivity index (χ1n) is 7.30. The van der Waals surface area contributed by atoms with E-state index in [4.69, 9.17) is 11.5 Å². The minimum Gasteiger partial charge on any atom is -0.393 e. The topological polar surface area (TPSA) is 157 Å². The van der Waals surface area contributed by atoms with Gasteiger partial charge >= 0.3 is 0 Å². The van der Waals surface area contributed by atoms with Crippen molar-refractivity contribution in [2.24, 2.45) is 0 Å². The molecule has 5 heterocycles. The number of fused-ring (bicyclic) bond motifs is 6. The summed E-state index contributed by atoms with van der Waals surface area (Å²) in [6.45, 7) is 3.95. The number of nitrogens with zero attached hydrogens (tertiary/aromatic N) is 7. The summed E-state index contributed by atoms with van der Waals surface area (Å²) in [7, 11) is 0. The second-order valence-corrected chi connectivity index (χ2v) is 5.60. The fraction of sp³-hybridized carbons (Fsp3) is 0.364. The Bertz CT molecular complexity index is 1100. The van der Waals surface area contributed by atoms with Crippen LogP contribution in [0, 0.1) is 6.92 Å². The van der Waals surface area contributed by atoms with E-state index in [-0.39, 0.29) is 6.17 Å². The van der Waals surface area contributed by atoms with Crippen LogP contribution in [0.5, 0.6) is 0 Å². The van der Waals surface area contributed by atoms with Crippen LogP contribution in [0.2, 0.25) is 0 Å². The molecule has 12 heteroatoms. The van der Waals surface area contributed by atoms with Crippen molar-refractivity contribution in [1.82, 2.24) is 49.4 Å². The van der Waals surface area contributed by atoms with Crippen LogP contribution in [0.3, 0.4) is 0 Å². The fourth-order valence-corrected chi connectivity index (χ4v) is 3.14. The van der Waals surface area contributed by atoms with Crippen LogP contribution in [0.25, 0.3) is 22.6 Å². The van der Waals surface area contributed by atoms with Crippen LogP contribution in [0.1, 0.15) is 25.3 Å². The van der Waals surface area contributed by atoms with Gasteiger partial charge < -0.3 is 11.5 Å². The smallest absolute Gasteiger partial charge is 0.204 e. The van der Waals surface area contributed by atoms with Gasteiger partial charge in [0.25, 0.3) is 0 Å². The van der Waals surface area contributed by atoms with Crippen LogP contribution >= 0.6 is 0 Å². The molecule has 7 N–H and O–H groups in total. The molecule has 4 aromatic rings. The first-order chi connectivity index (χ1) is 11.1. The van der Waals surface area contributed by atoms with Gasteiger partial charge in [-0.25, -0.2) is 9.20 Å². The molecule has 0 saturated carbocycles. The Balaban J connectivity index is 1.91. The van der Waals surface area contributed by atoms with E-state index in [0.29, 0.717) is 23.0 Å². The van der Waals surface area contributed by atoms with Gasteiger partial charge in [-0.1, -0.05) is 6.92 Å². The molecule has 23 heavy (non-hydrogen) atoms. The van der Waals surface area contributed by atoms with E-state index in [1.165, 1.54) is 0 Å². The average molecular weight is 316 g/mol. The molecule has 1 aliphatic heterocycles. The van der Waals surface area contributed by atoms with E-state index in [0.717, 1.165) is 23.4 Å². The predicted octanol–water partition coefficient (Wildman–Crippen LogP) is 0.0230. The van der Waals surface area contributed by atoms with Crippen LogP contribution < -0.4 is 11.5 Å². The van der Waals surface area contributed by atoms with Gasteiger partial charge in [-0.2, -0.15) is 9.59 Å². The van der Waals surface area contributed by atoms with Gasteiger partial charge in [0.1, 0.15) is 17.0 Å². The molecule has 5 rings (SSSR count). The number of nitrogens with one attached hydrogen (secondary N) is 3. The lowest BCUT2D eigenvalue weighted by Crippen LogP contribution is -2.21. The summed E-state index contributed by atoms with van der Waals surface area (Å²) in [4.78, 5) is 3.71. The van der Waals surface area contributed by atoms with Crippen molar-refractivity contribution in [1.29, 1.82) is 0 Å². The molecule has 0 spiro atoms. The first-order valence-corrected chi connectivity index (χ1v) is 7.30. The molecule has 0 aromatic carbocycles. The molecule has 4 aromatic heterocycles. The predicted molar refractivity (Wildman–Crippen MR) is 82.6 cm³/mol. The average Bonchev–Trinajstić information content (AvgIpc) is 3.21. The summed E-state index contributed by atoms with van der Waals surface area (Å²) in [5, 5.41) is 22.5. The van der Waals surface area contributed by atoms with Crippen molar-refractivity contribution >= 4 is 28.3 Å². The SMILES string of the molecule is CCC1n2nc(N)c(N)c2-n2[nH]c3c([nH]n21)[nH]n1c(C)nnc31. The summed E-state index contributed by atoms with van der Waals surface area (Å²) in [6, 6.07) is 0. The van der Waals surface area contributed by atoms with Crippen molar-refractivity contribution < 1.29 is 0 Å². The summed E-state index contributed by atoms with van der Waals surface area (Å²) in [6.07, 6.45) is 0.757. The minimum absolute atomic E-state index is 0.0555. The first kappa shape index (κ1) is 12.3. The van der Waals surface area contributed by atoms with Crippen LogP contribution in [0.4, 0.5) is 11.5 Å². The van der Waals surface area contributed by atoms with Crippen LogP contribution in [0.15, 0.2) is 0 Å². The molecule has 12 nitrogen and oxygen atoms in total. The summed E-state index contributed by atoms with van der Waals surface area (Å²) >= 11 is 0. The highest BCUT2D eigenvalue weighted by Crippen LogP contribution is 2.33. The molecular weight excluding hydrogens is 300 g/mol. The zero-order valence-electron chi connectivity index (χ0n) is 12.6. The van der Waals surface area contributed by atoms with Crippen LogP contribution in [-0.4, -0.2) is 49.4 Å². The minimum atomic E-state index is -0.0555. The Morgan fingerprint density at radius 1 is 1.17 bits per heavy atom. The fourth-order valence-electron chi connectivity index (χ4n) is 3.14. The largest absolute Gasteiger partial charge is 0.393 e. The molecule has 1 aliphatic rings. The lowest BCUT2D eigenvalue weighted by molar-refractivity contribution is 0.331. The summed E-state index contributed by atoms with van der Waals surface area (Å²) in [5.41, 5.74) is 14.7. The van der Waals surface area contributed by atoms with E-state index < -0.39 is 0 Å². The molecular formula is C11H16N12. The van der Waals surface area contributed by atoms with E-state index in [1.807, 2.05) is 20.9 Å². The molecule has 120 valence electrons. The number of aromatic amines is 3. The molecule has 1 atom stereocenters. The van der Waals surface area contributed by atoms with E-state index >= 15 is 0 Å². The second kappa shape index (κ2) is 3.71. The number of nitrogens with two attached hydrogens (primary N) is 2. The Hall–Kier alpha value is -3.31. The lowest BCUT2D eigenvalue weighted by atomic mass is 10.4. The third-order valence-electron chi connectivity index (χ3n) is 4.26. The molecule has 0 bridgehead atoms. The molecule has 0 aliphatic carbocycles. The van der Waals surface area contributed by atoms with E-state index in [1.54, 1.807) is 4.80 Å². The number of rotatable bonds is 1. The number of aryl methyl sites for hydroxylation is 1. The zero-order valence-corrected chi connectivity index (χ0v) is 12.6. The standard InChI is InChI=1S/C11H16N12/c1-3-5-21-11(6(12)8(13)17-21)23-16-7-9(19-22(5)23)18-20-4(2)14-15-10(7)20/h5,16,18-19H,3,12H2,1-2H3,(H2,13,17). The van der Waals surface area contributed by atoms with Crippen molar-refractivity contribution in [2.45, 2.75) is 26.4 Å². The highest BCUT2D eigenvalue weighted by molar-refractivity contribution is 5.84. The van der Waals surface area contributed by atoms with Crippen molar-refractivity contribution in [3.63, 3.8) is 0 Å². The van der Waals surface area contributed by atoms with E-state index in [9.17, 15) is 0 Å². The highest BCUT2D eigenvalue weighted by atomic mass is 15.8. The third-order valence-corrected chi connectivity index (χ3v) is 4.26. The van der Waals surface area contributed by atoms with Gasteiger partial charge in [0, 0.05) is 0 Å². The quantitative estimate of drug-likeness (QED) is 0.334. The Morgan fingerprint density at radius 3 is 2.78 bits per heavy atom. The zero-order chi connectivity index (χ0) is 15.9. The van der Waals surface area contributed by atoms with Gasteiger partial charge in [0.2, 0.25) is 5.65 Å². The van der Waals surface area contributed by atoms with Gasteiger partial charge in [-0.05, 0) is 13.3 Å². The van der Waals surface area contributed by atoms with Crippen molar-refractivity contribution in [3.05, 3.63) is 5.82 Å². The maximum atomic E-state index is 6.10. The Kier molecular flexibility index (Phi) is 1.98. The van der Waals surface area contributed by atoms with E-state index in [2.05, 4.69) is 37.5 Å². The normalized spacial score (nSPS) is 16.3. The Morgan fingerprint density at radius 2 is 2.00 bits per heavy atom. The number of aromatic nitrogens is 10. The number of nitrogen functional groups attached to an aromatic ring is 2. The van der Waals surface area contributed by atoms with Gasteiger partial charge in [-0.3, -0.25) is 15.3 Å². The number of H-pyrrole nitrogens is 3. The summed E-state index contributed by atoms with van der Waals surface area (Å²) in [5.74, 6) is 1.79. The molecule has 0 radical (unpaired) electrons. The number of hydrogen-bond donors (Lipinski definition) is 5. The van der Waals surface area contributed by atoms with Gasteiger partial charge in [-0.15, -0.1) is 15.3 Å². The molecule has 0 fully saturated rings. The van der Waals surface area contributed by atoms with Gasteiger partial charge in [0.05, 0.1) is 0 Å². The Labute approximate surface area is 128 Å². The maximum absolute atomic E-state index is 6.10. The van der Waals surface area contributed by atoms with Crippen molar-refractivity contribution in [3.8, 4) is 5.82 Å². The summed E-state index contributed by atoms with van der Waals surface area (Å²) < 4.78 is 3.62. The molecule has 1 unspecified atom stereocenters. The number of hydrogen-bond acceptors (Lipinski definition) is 5. The maximum Gasteiger partial charge on any atom is 0.204 e. The highest BCUT2D eigenvalue weighted by Gasteiger charge is 2.32. The van der Waals surface area contributed by atoms with Gasteiger partial charge in [0.15, 0.2) is 23.4 Å². The third kappa shape index (κ3) is 1.28. The second-order valence-electron chi connectivity index (χ2n) is 5.60. The lowest BCUT2D eigenvalue weighted by Gasteiger charge is -2.14. The van der Waals surface area contributed by atoms with Crippen LogP contribution in [-0.2, 0) is 0 Å². The number of anilines is 2. The molecule has 0 saturated heterocycles.